The first-order valence-electron chi connectivity index (χ1n) is 4.12. The third-order valence-corrected chi connectivity index (χ3v) is 3.05. The van der Waals surface area contributed by atoms with E-state index in [4.69, 9.17) is 0 Å². The van der Waals surface area contributed by atoms with Gasteiger partial charge in [0.05, 0.1) is 0 Å². The molecule has 1 nitrogen and oxygen atoms in total. The Labute approximate surface area is 112 Å². The first-order valence-corrected chi connectivity index (χ1v) is 4.90. The van der Waals surface area contributed by atoms with Gasteiger partial charge in [0.2, 0.25) is 0 Å². The number of hydrogen-bond donors (Lipinski definition) is 0. The van der Waals surface area contributed by atoms with E-state index in [1.54, 1.807) is 0 Å². The van der Waals surface area contributed by atoms with Crippen molar-refractivity contribution in [3.05, 3.63) is 48.5 Å². The van der Waals surface area contributed by atoms with E-state index in [9.17, 15) is 0 Å². The number of nitrogens with zero attached hydrogens (tertiary/aromatic N) is 1. The molecule has 1 aromatic carbocycles. The largest absolute Gasteiger partial charge is 0.275 e. The fourth-order valence-corrected chi connectivity index (χ4v) is 2.04. The van der Waals surface area contributed by atoms with E-state index in [-0.39, 0.29) is 31.1 Å². The minimum atomic E-state index is 0. The molecule has 2 aromatic rings. The summed E-state index contributed by atoms with van der Waals surface area (Å²) in [6.45, 7) is 6.00. The van der Waals surface area contributed by atoms with Gasteiger partial charge in [0.15, 0.2) is 0 Å². The maximum atomic E-state index is 4.27. The van der Waals surface area contributed by atoms with E-state index in [2.05, 4.69) is 23.4 Å². The van der Waals surface area contributed by atoms with Gasteiger partial charge in [0, 0.05) is 31.1 Å². The summed E-state index contributed by atoms with van der Waals surface area (Å²) in [5.74, 6) is 0. The number of benzene rings is 1. The van der Waals surface area contributed by atoms with Crippen molar-refractivity contribution < 1.29 is 31.1 Å². The van der Waals surface area contributed by atoms with Gasteiger partial charge in [-0.2, -0.15) is 12.5 Å². The van der Waals surface area contributed by atoms with Gasteiger partial charge in [-0.15, -0.1) is 11.5 Å². The van der Waals surface area contributed by atoms with E-state index < -0.39 is 0 Å². The summed E-state index contributed by atoms with van der Waals surface area (Å²) in [5, 5.41) is 0. The van der Waals surface area contributed by atoms with Crippen molar-refractivity contribution in [1.29, 1.82) is 0 Å². The summed E-state index contributed by atoms with van der Waals surface area (Å²) < 4.78 is 4.27. The Morgan fingerprint density at radius 2 is 1.86 bits per heavy atom. The molecule has 0 atom stereocenters. The van der Waals surface area contributed by atoms with Crippen LogP contribution in [0.5, 0.6) is 0 Å². The van der Waals surface area contributed by atoms with Crippen LogP contribution in [0.1, 0.15) is 11.3 Å². The molecular formula is C11H10NSU-. The summed E-state index contributed by atoms with van der Waals surface area (Å²) in [5.41, 5.74) is 3.29. The second kappa shape index (κ2) is 5.02. The molecule has 0 spiro atoms. The van der Waals surface area contributed by atoms with Crippen molar-refractivity contribution in [2.75, 3.05) is 0 Å². The van der Waals surface area contributed by atoms with Gasteiger partial charge in [-0.05, 0) is 4.88 Å². The molecule has 1 aromatic heterocycles. The molecule has 0 amide bonds. The predicted octanol–water partition coefficient (Wildman–Crippen LogP) is 3.30. The molecule has 0 saturated carbocycles. The summed E-state index contributed by atoms with van der Waals surface area (Å²) >= 11 is 1.52. The van der Waals surface area contributed by atoms with Gasteiger partial charge in [0.1, 0.15) is 0 Å². The van der Waals surface area contributed by atoms with Gasteiger partial charge in [-0.25, -0.2) is 0 Å². The van der Waals surface area contributed by atoms with E-state index in [1.165, 1.54) is 22.0 Å². The van der Waals surface area contributed by atoms with E-state index in [1.807, 2.05) is 25.1 Å². The van der Waals surface area contributed by atoms with Crippen LogP contribution in [0.4, 0.5) is 0 Å². The van der Waals surface area contributed by atoms with Crippen molar-refractivity contribution >= 4 is 11.5 Å². The Hall–Kier alpha value is -0.228. The topological polar surface area (TPSA) is 12.9 Å². The van der Waals surface area contributed by atoms with Crippen molar-refractivity contribution in [3.8, 4) is 10.4 Å². The molecule has 14 heavy (non-hydrogen) atoms. The second-order valence-electron chi connectivity index (χ2n) is 2.94. The van der Waals surface area contributed by atoms with Crippen LogP contribution in [0.3, 0.4) is 0 Å². The Kier molecular flexibility index (Phi) is 4.25. The van der Waals surface area contributed by atoms with Crippen LogP contribution in [-0.4, -0.2) is 4.37 Å². The summed E-state index contributed by atoms with van der Waals surface area (Å²) in [4.78, 5) is 1.18. The molecule has 0 saturated heterocycles. The standard InChI is InChI=1S/C11H10NS.U/c1-8-9(2)12-13-11(8)10-6-4-3-5-7-10;/h3-7H,1H2,2H3;/q-1;. The van der Waals surface area contributed by atoms with E-state index >= 15 is 0 Å². The molecule has 0 aliphatic heterocycles. The van der Waals surface area contributed by atoms with Gasteiger partial charge in [-0.3, -0.25) is 4.37 Å². The molecule has 0 aliphatic rings. The first-order chi connectivity index (χ1) is 6.29. The van der Waals surface area contributed by atoms with Crippen LogP contribution in [0, 0.1) is 45.0 Å². The maximum absolute atomic E-state index is 4.27. The monoisotopic (exact) mass is 426 g/mol. The van der Waals surface area contributed by atoms with E-state index in [0.29, 0.717) is 0 Å². The molecule has 2 rings (SSSR count). The van der Waals surface area contributed by atoms with Crippen molar-refractivity contribution in [2.24, 2.45) is 0 Å². The van der Waals surface area contributed by atoms with Crippen LogP contribution in [0.2, 0.25) is 0 Å². The van der Waals surface area contributed by atoms with Crippen LogP contribution in [0.15, 0.2) is 30.3 Å². The maximum Gasteiger partial charge on any atom is 0 e. The second-order valence-corrected chi connectivity index (χ2v) is 3.72. The zero-order valence-corrected chi connectivity index (χ0v) is 12.9. The van der Waals surface area contributed by atoms with Gasteiger partial charge in [0.25, 0.3) is 0 Å². The molecule has 70 valence electrons. The molecule has 0 aliphatic carbocycles. The van der Waals surface area contributed by atoms with Crippen molar-refractivity contribution in [2.45, 2.75) is 6.92 Å². The molecule has 0 radical (unpaired) electrons. The number of rotatable bonds is 1. The summed E-state index contributed by atoms with van der Waals surface area (Å²) in [6, 6.07) is 10.2. The smallest absolute Gasteiger partial charge is 0 e. The number of aromatic nitrogens is 1. The zero-order valence-electron chi connectivity index (χ0n) is 7.95. The average molecular weight is 426 g/mol. The molecule has 3 heteroatoms. The van der Waals surface area contributed by atoms with Crippen LogP contribution in [-0.2, 0) is 0 Å². The third kappa shape index (κ3) is 2.23. The molecule has 0 fully saturated rings. The molecular weight excluding hydrogens is 416 g/mol. The van der Waals surface area contributed by atoms with Gasteiger partial charge < -0.3 is 0 Å². The van der Waals surface area contributed by atoms with Crippen LogP contribution < -0.4 is 0 Å². The fraction of sp³-hybridized carbons (Fsp3) is 0.0909. The average Bonchev–Trinajstić information content (AvgIpc) is 2.49. The molecule has 1 heterocycles. The minimum Gasteiger partial charge on any atom is -0.275 e. The van der Waals surface area contributed by atoms with Gasteiger partial charge in [-0.1, -0.05) is 48.5 Å². The Bertz CT molecular complexity index is 408. The molecule has 0 bridgehead atoms. The Morgan fingerprint density at radius 3 is 2.36 bits per heavy atom. The fourth-order valence-electron chi connectivity index (χ4n) is 1.21. The molecule has 0 N–H and O–H groups in total. The quantitative estimate of drug-likeness (QED) is 0.638. The number of aryl methyl sites for hydroxylation is 1. The normalized spacial score (nSPS) is 9.50. The first kappa shape index (κ1) is 11.8. The van der Waals surface area contributed by atoms with Crippen molar-refractivity contribution in [3.63, 3.8) is 0 Å². The summed E-state index contributed by atoms with van der Waals surface area (Å²) in [7, 11) is 0. The number of hydrogen-bond acceptors (Lipinski definition) is 2. The van der Waals surface area contributed by atoms with Crippen LogP contribution >= 0.6 is 11.5 Å². The third-order valence-electron chi connectivity index (χ3n) is 2.02. The predicted molar refractivity (Wildman–Crippen MR) is 56.7 cm³/mol. The van der Waals surface area contributed by atoms with Crippen molar-refractivity contribution in [1.82, 2.24) is 4.37 Å². The zero-order chi connectivity index (χ0) is 9.26. The van der Waals surface area contributed by atoms with Gasteiger partial charge >= 0.3 is 0 Å². The molecule has 0 unspecified atom stereocenters. The van der Waals surface area contributed by atoms with Crippen LogP contribution in [0.25, 0.3) is 10.4 Å². The minimum absolute atomic E-state index is 0. The SMILES string of the molecule is [CH2-]c1c(C)nsc1-c1ccccc1.[U]. The van der Waals surface area contributed by atoms with E-state index in [0.717, 1.165) is 11.3 Å². The Balaban J connectivity index is 0.000000980. The Morgan fingerprint density at radius 1 is 1.21 bits per heavy atom. The summed E-state index contributed by atoms with van der Waals surface area (Å²) in [6.07, 6.45) is 0.